The van der Waals surface area contributed by atoms with Crippen LogP contribution in [0, 0.1) is 0 Å². The number of amides is 1. The lowest BCUT2D eigenvalue weighted by molar-refractivity contribution is 0.0263. The van der Waals surface area contributed by atoms with Gasteiger partial charge >= 0.3 is 6.09 Å². The summed E-state index contributed by atoms with van der Waals surface area (Å²) >= 11 is 0. The summed E-state index contributed by atoms with van der Waals surface area (Å²) < 4.78 is 5.56. The van der Waals surface area contributed by atoms with Crippen molar-refractivity contribution < 1.29 is 9.53 Å². The van der Waals surface area contributed by atoms with E-state index in [-0.39, 0.29) is 12.1 Å². The molecule has 0 aromatic rings. The van der Waals surface area contributed by atoms with E-state index in [2.05, 4.69) is 36.3 Å². The number of aliphatic imine (C=N–C) groups is 1. The molecule has 1 fully saturated rings. The lowest BCUT2D eigenvalue weighted by Crippen LogP contribution is -2.49. The molecule has 0 aromatic heterocycles. The van der Waals surface area contributed by atoms with E-state index in [9.17, 15) is 4.79 Å². The van der Waals surface area contributed by atoms with Crippen LogP contribution in [0.3, 0.4) is 0 Å². The first-order chi connectivity index (χ1) is 11.3. The predicted molar refractivity (Wildman–Crippen MR) is 101 cm³/mol. The molecule has 1 aliphatic rings. The third-order valence-corrected chi connectivity index (χ3v) is 3.81. The SMILES string of the molecule is CC/C=C\CC(C)NC(=NCC)[C@@H]1CCCN1C(=O)OC(C)(C)C. The monoisotopic (exact) mass is 337 g/mol. The van der Waals surface area contributed by atoms with Crippen molar-refractivity contribution in [3.05, 3.63) is 12.2 Å². The maximum atomic E-state index is 12.5. The van der Waals surface area contributed by atoms with E-state index in [0.717, 1.165) is 38.1 Å². The van der Waals surface area contributed by atoms with Gasteiger partial charge in [-0.25, -0.2) is 4.79 Å². The van der Waals surface area contributed by atoms with Crippen molar-refractivity contribution in [3.8, 4) is 0 Å². The summed E-state index contributed by atoms with van der Waals surface area (Å²) in [6.45, 7) is 13.4. The van der Waals surface area contributed by atoms with Crippen LogP contribution in [0.2, 0.25) is 0 Å². The van der Waals surface area contributed by atoms with Gasteiger partial charge in [-0.05, 0) is 60.3 Å². The maximum Gasteiger partial charge on any atom is 0.410 e. The van der Waals surface area contributed by atoms with Crippen LogP contribution in [-0.4, -0.2) is 47.6 Å². The van der Waals surface area contributed by atoms with E-state index in [0.29, 0.717) is 12.6 Å². The minimum atomic E-state index is -0.474. The number of amidine groups is 1. The minimum Gasteiger partial charge on any atom is -0.444 e. The van der Waals surface area contributed by atoms with Crippen LogP contribution in [0.25, 0.3) is 0 Å². The van der Waals surface area contributed by atoms with Gasteiger partial charge in [-0.3, -0.25) is 9.89 Å². The Morgan fingerprint density at radius 2 is 2.08 bits per heavy atom. The number of carbonyl (C=O) groups is 1. The standard InChI is InChI=1S/C19H35N3O2/c1-7-9-10-12-15(3)21-17(20-8-2)16-13-11-14-22(16)18(23)24-19(4,5)6/h9-10,15-16H,7-8,11-14H2,1-6H3,(H,20,21)/b10-9-/t15?,16-/m0/s1. The Morgan fingerprint density at radius 3 is 2.67 bits per heavy atom. The van der Waals surface area contributed by atoms with Crippen LogP contribution in [0.5, 0.6) is 0 Å². The fraction of sp³-hybridized carbons (Fsp3) is 0.789. The zero-order chi connectivity index (χ0) is 18.2. The zero-order valence-electron chi connectivity index (χ0n) is 16.3. The topological polar surface area (TPSA) is 53.9 Å². The number of hydrogen-bond acceptors (Lipinski definition) is 3. The first-order valence-corrected chi connectivity index (χ1v) is 9.24. The van der Waals surface area contributed by atoms with E-state index in [1.54, 1.807) is 0 Å². The van der Waals surface area contributed by atoms with Crippen LogP contribution in [-0.2, 0) is 4.74 Å². The highest BCUT2D eigenvalue weighted by atomic mass is 16.6. The van der Waals surface area contributed by atoms with Crippen molar-refractivity contribution in [3.63, 3.8) is 0 Å². The Morgan fingerprint density at radius 1 is 1.38 bits per heavy atom. The lowest BCUT2D eigenvalue weighted by atomic mass is 10.1. The number of allylic oxidation sites excluding steroid dienone is 1. The third-order valence-electron chi connectivity index (χ3n) is 3.81. The molecule has 138 valence electrons. The molecule has 1 aliphatic heterocycles. The molecular weight excluding hydrogens is 302 g/mol. The largest absolute Gasteiger partial charge is 0.444 e. The minimum absolute atomic E-state index is 0.00240. The summed E-state index contributed by atoms with van der Waals surface area (Å²) in [4.78, 5) is 18.9. The van der Waals surface area contributed by atoms with Gasteiger partial charge in [0.2, 0.25) is 0 Å². The molecule has 2 atom stereocenters. The molecule has 0 aromatic carbocycles. The van der Waals surface area contributed by atoms with Gasteiger partial charge in [0.25, 0.3) is 0 Å². The fourth-order valence-electron chi connectivity index (χ4n) is 2.79. The Bertz CT molecular complexity index is 452. The number of nitrogens with zero attached hydrogens (tertiary/aromatic N) is 2. The molecule has 1 rings (SSSR count). The lowest BCUT2D eigenvalue weighted by Gasteiger charge is -2.30. The van der Waals surface area contributed by atoms with Gasteiger partial charge in [-0.15, -0.1) is 0 Å². The second-order valence-electron chi connectivity index (χ2n) is 7.35. The number of rotatable bonds is 6. The molecule has 0 bridgehead atoms. The molecule has 1 N–H and O–H groups in total. The van der Waals surface area contributed by atoms with Crippen LogP contribution >= 0.6 is 0 Å². The summed E-state index contributed by atoms with van der Waals surface area (Å²) in [7, 11) is 0. The van der Waals surface area contributed by atoms with Crippen LogP contribution < -0.4 is 5.32 Å². The van der Waals surface area contributed by atoms with E-state index < -0.39 is 5.60 Å². The average Bonchev–Trinajstić information content (AvgIpc) is 2.94. The smallest absolute Gasteiger partial charge is 0.410 e. The van der Waals surface area contributed by atoms with Crippen molar-refractivity contribution in [2.75, 3.05) is 13.1 Å². The molecule has 0 aliphatic carbocycles. The Labute approximate surface area is 147 Å². The predicted octanol–water partition coefficient (Wildman–Crippen LogP) is 4.14. The van der Waals surface area contributed by atoms with Gasteiger partial charge in [0.15, 0.2) is 0 Å². The third kappa shape index (κ3) is 6.93. The highest BCUT2D eigenvalue weighted by Crippen LogP contribution is 2.22. The van der Waals surface area contributed by atoms with Crippen molar-refractivity contribution in [2.45, 2.75) is 84.9 Å². The van der Waals surface area contributed by atoms with Crippen molar-refractivity contribution in [1.82, 2.24) is 10.2 Å². The molecule has 24 heavy (non-hydrogen) atoms. The highest BCUT2D eigenvalue weighted by molar-refractivity contribution is 5.91. The molecule has 0 saturated carbocycles. The van der Waals surface area contributed by atoms with Crippen molar-refractivity contribution >= 4 is 11.9 Å². The summed E-state index contributed by atoms with van der Waals surface area (Å²) in [6.07, 6.45) is 8.06. The average molecular weight is 338 g/mol. The Hall–Kier alpha value is -1.52. The van der Waals surface area contributed by atoms with Crippen LogP contribution in [0.15, 0.2) is 17.1 Å². The molecular formula is C19H35N3O2. The highest BCUT2D eigenvalue weighted by Gasteiger charge is 2.35. The fourth-order valence-corrected chi connectivity index (χ4v) is 2.79. The summed E-state index contributed by atoms with van der Waals surface area (Å²) in [5.74, 6) is 0.915. The quantitative estimate of drug-likeness (QED) is 0.450. The van der Waals surface area contributed by atoms with Gasteiger partial charge < -0.3 is 10.1 Å². The normalized spacial score (nSPS) is 20.5. The molecule has 1 heterocycles. The van der Waals surface area contributed by atoms with Gasteiger partial charge in [-0.2, -0.15) is 0 Å². The molecule has 0 spiro atoms. The zero-order valence-corrected chi connectivity index (χ0v) is 16.3. The van der Waals surface area contributed by atoms with Gasteiger partial charge in [0.05, 0.1) is 6.04 Å². The number of hydrogen-bond donors (Lipinski definition) is 1. The van der Waals surface area contributed by atoms with Crippen LogP contribution in [0.4, 0.5) is 4.79 Å². The van der Waals surface area contributed by atoms with E-state index in [4.69, 9.17) is 4.74 Å². The first-order valence-electron chi connectivity index (χ1n) is 9.24. The van der Waals surface area contributed by atoms with Crippen LogP contribution in [0.1, 0.15) is 67.2 Å². The number of likely N-dealkylation sites (tertiary alicyclic amines) is 1. The number of ether oxygens (including phenoxy) is 1. The summed E-state index contributed by atoms with van der Waals surface area (Å²) in [6, 6.07) is 0.289. The Balaban J connectivity index is 2.77. The second-order valence-corrected chi connectivity index (χ2v) is 7.35. The Kier molecular flexibility index (Phi) is 8.29. The molecule has 5 heteroatoms. The number of carbonyl (C=O) groups excluding carboxylic acids is 1. The molecule has 1 unspecified atom stereocenters. The summed E-state index contributed by atoms with van der Waals surface area (Å²) in [5.41, 5.74) is -0.474. The van der Waals surface area contributed by atoms with Crippen molar-refractivity contribution in [2.24, 2.45) is 4.99 Å². The summed E-state index contributed by atoms with van der Waals surface area (Å²) in [5, 5.41) is 3.52. The van der Waals surface area contributed by atoms with Gasteiger partial charge in [0.1, 0.15) is 11.4 Å². The van der Waals surface area contributed by atoms with Crippen molar-refractivity contribution in [1.29, 1.82) is 0 Å². The van der Waals surface area contributed by atoms with E-state index in [1.807, 2.05) is 32.6 Å². The maximum absolute atomic E-state index is 12.5. The molecule has 0 radical (unpaired) electrons. The second kappa shape index (κ2) is 9.70. The number of nitrogens with one attached hydrogen (secondary N) is 1. The van der Waals surface area contributed by atoms with Gasteiger partial charge in [0, 0.05) is 19.1 Å². The molecule has 5 nitrogen and oxygen atoms in total. The molecule has 1 saturated heterocycles. The van der Waals surface area contributed by atoms with Gasteiger partial charge in [-0.1, -0.05) is 19.1 Å². The van der Waals surface area contributed by atoms with E-state index in [1.165, 1.54) is 0 Å². The molecule has 1 amide bonds. The first kappa shape index (κ1) is 20.5. The van der Waals surface area contributed by atoms with E-state index >= 15 is 0 Å².